The van der Waals surface area contributed by atoms with E-state index in [1.54, 1.807) is 24.0 Å². The van der Waals surface area contributed by atoms with Crippen LogP contribution in [0.2, 0.25) is 10.0 Å². The van der Waals surface area contributed by atoms with Gasteiger partial charge in [0.1, 0.15) is 10.9 Å². The second kappa shape index (κ2) is 9.65. The Morgan fingerprint density at radius 1 is 1.24 bits per heavy atom. The Kier molecular flexibility index (Phi) is 7.22. The van der Waals surface area contributed by atoms with Gasteiger partial charge >= 0.3 is 0 Å². The smallest absolute Gasteiger partial charge is 0.217 e. The van der Waals surface area contributed by atoms with Crippen molar-refractivity contribution in [3.05, 3.63) is 69.9 Å². The van der Waals surface area contributed by atoms with Gasteiger partial charge < -0.3 is 9.88 Å². The molecule has 0 unspecified atom stereocenters. The molecule has 0 saturated carbocycles. The fourth-order valence-electron chi connectivity index (χ4n) is 2.86. The van der Waals surface area contributed by atoms with Gasteiger partial charge in [0.15, 0.2) is 0 Å². The van der Waals surface area contributed by atoms with E-state index in [0.29, 0.717) is 23.1 Å². The van der Waals surface area contributed by atoms with Crippen LogP contribution in [0.1, 0.15) is 43.8 Å². The summed E-state index contributed by atoms with van der Waals surface area (Å²) in [5.74, 6) is 0.907. The number of benzene rings is 1. The maximum absolute atomic E-state index is 11.5. The van der Waals surface area contributed by atoms with Crippen molar-refractivity contribution in [2.75, 3.05) is 0 Å². The number of carbonyl (C=O) groups is 1. The Morgan fingerprint density at radius 2 is 1.97 bits per heavy atom. The Hall–Kier alpha value is -2.02. The number of halogens is 2. The van der Waals surface area contributed by atoms with E-state index < -0.39 is 0 Å². The molecule has 0 aliphatic carbocycles. The van der Waals surface area contributed by atoms with Crippen LogP contribution in [0.25, 0.3) is 0 Å². The lowest BCUT2D eigenvalue weighted by Gasteiger charge is -2.14. The van der Waals surface area contributed by atoms with Gasteiger partial charge in [0, 0.05) is 34.3 Å². The van der Waals surface area contributed by atoms with Gasteiger partial charge in [0.25, 0.3) is 0 Å². The summed E-state index contributed by atoms with van der Waals surface area (Å²) in [6, 6.07) is 9.42. The van der Waals surface area contributed by atoms with Crippen molar-refractivity contribution in [2.24, 2.45) is 0 Å². The highest BCUT2D eigenvalue weighted by atomic mass is 35.5. The maximum atomic E-state index is 11.5. The number of nitrogens with zero attached hydrogens (tertiary/aromatic N) is 3. The molecule has 2 aromatic heterocycles. The molecule has 1 aromatic carbocycles. The predicted molar refractivity (Wildman–Crippen MR) is 118 cm³/mol. The molecule has 0 aliphatic rings. The fraction of sp³-hybridized carbons (Fsp3) is 0.286. The molecule has 152 valence electrons. The third-order valence-corrected chi connectivity index (χ3v) is 5.71. The summed E-state index contributed by atoms with van der Waals surface area (Å²) in [4.78, 5) is 21.5. The molecule has 5 nitrogen and oxygen atoms in total. The van der Waals surface area contributed by atoms with Crippen LogP contribution in [0.4, 0.5) is 0 Å². The number of hydrogen-bond donors (Lipinski definition) is 1. The monoisotopic (exact) mass is 448 g/mol. The zero-order valence-electron chi connectivity index (χ0n) is 16.4. The molecular formula is C21H22Cl2N4OS. The van der Waals surface area contributed by atoms with Gasteiger partial charge in [-0.25, -0.2) is 4.98 Å². The second-order valence-corrected chi connectivity index (χ2v) is 8.87. The molecule has 8 heteroatoms. The molecule has 1 N–H and O–H groups in total. The number of hydrogen-bond acceptors (Lipinski definition) is 4. The summed E-state index contributed by atoms with van der Waals surface area (Å²) in [6.07, 6.45) is 3.58. The number of amides is 1. The van der Waals surface area contributed by atoms with Crippen molar-refractivity contribution in [1.29, 1.82) is 0 Å². The highest BCUT2D eigenvalue weighted by Gasteiger charge is 2.21. The number of imidazole rings is 1. The highest BCUT2D eigenvalue weighted by Crippen LogP contribution is 2.37. The second-order valence-electron chi connectivity index (χ2n) is 6.94. The third kappa shape index (κ3) is 5.75. The topological polar surface area (TPSA) is 59.8 Å². The summed E-state index contributed by atoms with van der Waals surface area (Å²) in [5, 5.41) is 5.03. The SMILES string of the molecule is CC(=O)NCc1nc(C(C)C)c(Sc2cc(Cl)cc(Cl)c2)n1Cc1cccnc1. The Labute approximate surface area is 184 Å². The van der Waals surface area contributed by atoms with Crippen molar-refractivity contribution in [3.8, 4) is 0 Å². The zero-order valence-corrected chi connectivity index (χ0v) is 18.8. The summed E-state index contributed by atoms with van der Waals surface area (Å²) in [5.41, 5.74) is 2.02. The normalized spacial score (nSPS) is 11.1. The standard InChI is InChI=1S/C21H22Cl2N4OS/c1-13(2)20-21(29-18-8-16(22)7-17(23)9-18)27(12-15-5-4-6-24-10-15)19(26-20)11-25-14(3)28/h4-10,13H,11-12H2,1-3H3,(H,25,28). The van der Waals surface area contributed by atoms with Crippen LogP contribution in [0.5, 0.6) is 0 Å². The van der Waals surface area contributed by atoms with Crippen molar-refractivity contribution in [3.63, 3.8) is 0 Å². The van der Waals surface area contributed by atoms with Crippen LogP contribution in [-0.2, 0) is 17.9 Å². The van der Waals surface area contributed by atoms with Crippen LogP contribution >= 0.6 is 35.0 Å². The Bertz CT molecular complexity index is 985. The lowest BCUT2D eigenvalue weighted by Crippen LogP contribution is -2.22. The number of pyridine rings is 1. The van der Waals surface area contributed by atoms with Crippen LogP contribution in [-0.4, -0.2) is 20.4 Å². The summed E-state index contributed by atoms with van der Waals surface area (Å²) in [7, 11) is 0. The minimum absolute atomic E-state index is 0.0946. The predicted octanol–water partition coefficient (Wildman–Crippen LogP) is 5.54. The van der Waals surface area contributed by atoms with Gasteiger partial charge in [-0.05, 0) is 35.7 Å². The fourth-order valence-corrected chi connectivity index (χ4v) is 4.78. The van der Waals surface area contributed by atoms with E-state index in [4.69, 9.17) is 28.2 Å². The van der Waals surface area contributed by atoms with Gasteiger partial charge in [-0.1, -0.05) is 54.9 Å². The van der Waals surface area contributed by atoms with Gasteiger partial charge in [0.05, 0.1) is 18.8 Å². The van der Waals surface area contributed by atoms with Gasteiger partial charge in [-0.15, -0.1) is 0 Å². The number of rotatable bonds is 7. The summed E-state index contributed by atoms with van der Waals surface area (Å²) >= 11 is 14.0. The van der Waals surface area contributed by atoms with Crippen LogP contribution in [0.3, 0.4) is 0 Å². The van der Waals surface area contributed by atoms with E-state index in [9.17, 15) is 4.79 Å². The minimum atomic E-state index is -0.0946. The van der Waals surface area contributed by atoms with Crippen LogP contribution in [0.15, 0.2) is 52.6 Å². The quantitative estimate of drug-likeness (QED) is 0.514. The molecule has 29 heavy (non-hydrogen) atoms. The lowest BCUT2D eigenvalue weighted by molar-refractivity contribution is -0.119. The largest absolute Gasteiger partial charge is 0.349 e. The molecule has 0 aliphatic heterocycles. The molecule has 2 heterocycles. The average Bonchev–Trinajstić information content (AvgIpc) is 2.97. The first kappa shape index (κ1) is 21.7. The third-order valence-electron chi connectivity index (χ3n) is 4.18. The first-order chi connectivity index (χ1) is 13.8. The molecule has 0 radical (unpaired) electrons. The average molecular weight is 449 g/mol. The molecule has 0 fully saturated rings. The molecule has 0 saturated heterocycles. The highest BCUT2D eigenvalue weighted by molar-refractivity contribution is 7.99. The van der Waals surface area contributed by atoms with Crippen molar-refractivity contribution in [2.45, 2.75) is 49.7 Å². The molecule has 3 aromatic rings. The Balaban J connectivity index is 2.08. The summed E-state index contributed by atoms with van der Waals surface area (Å²) in [6.45, 7) is 6.66. The van der Waals surface area contributed by atoms with Gasteiger partial charge in [0.2, 0.25) is 5.91 Å². The molecular weight excluding hydrogens is 427 g/mol. The Morgan fingerprint density at radius 3 is 2.55 bits per heavy atom. The van der Waals surface area contributed by atoms with Crippen molar-refractivity contribution in [1.82, 2.24) is 19.9 Å². The van der Waals surface area contributed by atoms with E-state index in [-0.39, 0.29) is 11.8 Å². The first-order valence-electron chi connectivity index (χ1n) is 9.20. The molecule has 0 bridgehead atoms. The number of aromatic nitrogens is 3. The van der Waals surface area contributed by atoms with Crippen LogP contribution < -0.4 is 5.32 Å². The molecule has 3 rings (SSSR count). The number of carbonyl (C=O) groups excluding carboxylic acids is 1. The maximum Gasteiger partial charge on any atom is 0.217 e. The zero-order chi connectivity index (χ0) is 21.0. The first-order valence-corrected chi connectivity index (χ1v) is 10.8. The van der Waals surface area contributed by atoms with Crippen molar-refractivity contribution < 1.29 is 4.79 Å². The lowest BCUT2D eigenvalue weighted by atomic mass is 10.1. The molecule has 0 spiro atoms. The van der Waals surface area contributed by atoms with Gasteiger partial charge in [-0.2, -0.15) is 0 Å². The number of nitrogens with one attached hydrogen (secondary N) is 1. The van der Waals surface area contributed by atoms with E-state index >= 15 is 0 Å². The van der Waals surface area contributed by atoms with E-state index in [1.165, 1.54) is 6.92 Å². The van der Waals surface area contributed by atoms with Crippen LogP contribution in [0, 0.1) is 0 Å². The van der Waals surface area contributed by atoms with E-state index in [0.717, 1.165) is 27.0 Å². The van der Waals surface area contributed by atoms with E-state index in [1.807, 2.05) is 30.5 Å². The van der Waals surface area contributed by atoms with E-state index in [2.05, 4.69) is 28.7 Å². The molecule has 1 amide bonds. The molecule has 0 atom stereocenters. The van der Waals surface area contributed by atoms with Crippen molar-refractivity contribution >= 4 is 40.9 Å². The minimum Gasteiger partial charge on any atom is -0.349 e. The van der Waals surface area contributed by atoms with Gasteiger partial charge in [-0.3, -0.25) is 9.78 Å². The summed E-state index contributed by atoms with van der Waals surface area (Å²) < 4.78 is 2.13.